The number of hydrogen-bond acceptors (Lipinski definition) is 3. The molecular weight excluding hydrogens is 460 g/mol. The van der Waals surface area contributed by atoms with Crippen molar-refractivity contribution in [2.24, 2.45) is 0 Å². The fourth-order valence-electron chi connectivity index (χ4n) is 4.26. The van der Waals surface area contributed by atoms with Crippen LogP contribution in [0.15, 0.2) is 89.6 Å². The lowest BCUT2D eigenvalue weighted by Gasteiger charge is -2.12. The van der Waals surface area contributed by atoms with Crippen LogP contribution in [0.5, 0.6) is 5.75 Å². The Morgan fingerprint density at radius 3 is 2.61 bits per heavy atom. The van der Waals surface area contributed by atoms with Gasteiger partial charge in [-0.25, -0.2) is 8.78 Å². The van der Waals surface area contributed by atoms with Crippen LogP contribution in [0.25, 0.3) is 38.4 Å². The molecule has 5 rings (SSSR count). The minimum atomic E-state index is -0.717. The highest BCUT2D eigenvalue weighted by molar-refractivity contribution is 6.05. The molecule has 1 aromatic heterocycles. The number of furan rings is 1. The number of benzene rings is 4. The molecule has 0 fully saturated rings. The number of hydrogen-bond donors (Lipinski definition) is 1. The number of carbonyl (C=O) groups excluding carboxylic acids is 1. The van der Waals surface area contributed by atoms with Crippen LogP contribution in [-0.2, 0) is 4.79 Å². The van der Waals surface area contributed by atoms with E-state index in [1.807, 2.05) is 31.2 Å². The van der Waals surface area contributed by atoms with Gasteiger partial charge in [-0.05, 0) is 60.0 Å². The van der Waals surface area contributed by atoms with Gasteiger partial charge in [0.25, 0.3) is 0 Å². The van der Waals surface area contributed by atoms with Crippen molar-refractivity contribution in [3.63, 3.8) is 0 Å². The van der Waals surface area contributed by atoms with E-state index in [4.69, 9.17) is 9.15 Å². The Morgan fingerprint density at radius 1 is 1.00 bits per heavy atom. The predicted octanol–water partition coefficient (Wildman–Crippen LogP) is 7.97. The Bertz CT molecular complexity index is 1630. The minimum absolute atomic E-state index is 0.224. The molecule has 1 heterocycles. The number of halogens is 2. The molecule has 4 nitrogen and oxygen atoms in total. The number of allylic oxidation sites excluding steroid dienone is 1. The van der Waals surface area contributed by atoms with E-state index < -0.39 is 17.5 Å². The first-order chi connectivity index (χ1) is 17.4. The number of ether oxygens (including phenoxy) is 1. The number of rotatable bonds is 6. The Kier molecular flexibility index (Phi) is 6.25. The van der Waals surface area contributed by atoms with Crippen LogP contribution in [0.2, 0.25) is 0 Å². The average Bonchev–Trinajstić information content (AvgIpc) is 3.28. The molecule has 0 aliphatic carbocycles. The van der Waals surface area contributed by atoms with Crippen molar-refractivity contribution < 1.29 is 22.7 Å². The fraction of sp³-hybridized carbons (Fsp3) is 0.100. The Labute approximate surface area is 206 Å². The zero-order valence-corrected chi connectivity index (χ0v) is 19.8. The van der Waals surface area contributed by atoms with Crippen molar-refractivity contribution >= 4 is 38.9 Å². The molecule has 1 N–H and O–H groups in total. The SMILES string of the molecule is CCOc1cc2occ(-c3ccc4ccccc4c3)c2cc1/C(C)=C/C(=O)Nc1cc(F)ccc1F. The van der Waals surface area contributed by atoms with Gasteiger partial charge in [-0.1, -0.05) is 36.4 Å². The number of anilines is 1. The Balaban J connectivity index is 1.55. The summed E-state index contributed by atoms with van der Waals surface area (Å²) in [6, 6.07) is 21.0. The molecular formula is C30H23F2NO3. The highest BCUT2D eigenvalue weighted by atomic mass is 19.1. The molecule has 180 valence electrons. The normalized spacial score (nSPS) is 11.7. The Hall–Kier alpha value is -4.45. The van der Waals surface area contributed by atoms with Crippen LogP contribution in [-0.4, -0.2) is 12.5 Å². The van der Waals surface area contributed by atoms with E-state index in [2.05, 4.69) is 29.6 Å². The second-order valence-corrected chi connectivity index (χ2v) is 8.43. The number of fused-ring (bicyclic) bond motifs is 2. The molecule has 0 bridgehead atoms. The lowest BCUT2D eigenvalue weighted by molar-refractivity contribution is -0.111. The van der Waals surface area contributed by atoms with E-state index in [0.29, 0.717) is 29.1 Å². The zero-order valence-electron chi connectivity index (χ0n) is 19.8. The van der Waals surface area contributed by atoms with E-state index in [-0.39, 0.29) is 5.69 Å². The van der Waals surface area contributed by atoms with Gasteiger partial charge < -0.3 is 14.5 Å². The van der Waals surface area contributed by atoms with Crippen molar-refractivity contribution in [1.29, 1.82) is 0 Å². The maximum absolute atomic E-state index is 14.0. The first kappa shape index (κ1) is 23.3. The summed E-state index contributed by atoms with van der Waals surface area (Å²) < 4.78 is 39.1. The van der Waals surface area contributed by atoms with E-state index in [0.717, 1.165) is 45.5 Å². The third-order valence-corrected chi connectivity index (χ3v) is 5.99. The zero-order chi connectivity index (χ0) is 25.2. The van der Waals surface area contributed by atoms with E-state index in [1.165, 1.54) is 6.08 Å². The van der Waals surface area contributed by atoms with Crippen molar-refractivity contribution in [3.05, 3.63) is 102 Å². The molecule has 36 heavy (non-hydrogen) atoms. The van der Waals surface area contributed by atoms with E-state index >= 15 is 0 Å². The summed E-state index contributed by atoms with van der Waals surface area (Å²) in [5, 5.41) is 5.53. The summed E-state index contributed by atoms with van der Waals surface area (Å²) in [6.07, 6.45) is 3.05. The summed E-state index contributed by atoms with van der Waals surface area (Å²) in [4.78, 5) is 12.6. The molecule has 1 amide bonds. The van der Waals surface area contributed by atoms with Gasteiger partial charge in [0.05, 0.1) is 18.6 Å². The van der Waals surface area contributed by atoms with Gasteiger partial charge in [0, 0.05) is 34.7 Å². The van der Waals surface area contributed by atoms with Crippen molar-refractivity contribution in [2.45, 2.75) is 13.8 Å². The highest BCUT2D eigenvalue weighted by Gasteiger charge is 2.16. The average molecular weight is 484 g/mol. The van der Waals surface area contributed by atoms with Gasteiger partial charge in [-0.3, -0.25) is 4.79 Å². The third kappa shape index (κ3) is 4.58. The van der Waals surface area contributed by atoms with Gasteiger partial charge in [0.2, 0.25) is 5.91 Å². The van der Waals surface area contributed by atoms with Crippen LogP contribution in [0.4, 0.5) is 14.5 Å². The number of amides is 1. The maximum atomic E-state index is 14.0. The standard InChI is InChI=1S/C30H23F2NO3/c1-3-35-28-16-29-24(25(17-36-29)21-9-8-19-6-4-5-7-20(19)13-21)15-23(28)18(2)12-30(34)33-27-14-22(31)10-11-26(27)32/h4-17H,3H2,1-2H3,(H,33,34)/b18-12+. The van der Waals surface area contributed by atoms with Crippen molar-refractivity contribution in [2.75, 3.05) is 11.9 Å². The van der Waals surface area contributed by atoms with Gasteiger partial charge in [-0.2, -0.15) is 0 Å². The summed E-state index contributed by atoms with van der Waals surface area (Å²) >= 11 is 0. The minimum Gasteiger partial charge on any atom is -0.493 e. The van der Waals surface area contributed by atoms with E-state index in [9.17, 15) is 13.6 Å². The number of nitrogens with one attached hydrogen (secondary N) is 1. The summed E-state index contributed by atoms with van der Waals surface area (Å²) in [5.74, 6) is -1.38. The smallest absolute Gasteiger partial charge is 0.248 e. The maximum Gasteiger partial charge on any atom is 0.248 e. The first-order valence-corrected chi connectivity index (χ1v) is 11.5. The Morgan fingerprint density at radius 2 is 1.81 bits per heavy atom. The van der Waals surface area contributed by atoms with Gasteiger partial charge >= 0.3 is 0 Å². The first-order valence-electron chi connectivity index (χ1n) is 11.5. The monoisotopic (exact) mass is 483 g/mol. The molecule has 0 aliphatic rings. The molecule has 0 unspecified atom stereocenters. The molecule has 0 atom stereocenters. The quantitative estimate of drug-likeness (QED) is 0.249. The van der Waals surface area contributed by atoms with Crippen LogP contribution in [0, 0.1) is 11.6 Å². The summed E-state index contributed by atoms with van der Waals surface area (Å²) in [7, 11) is 0. The topological polar surface area (TPSA) is 51.5 Å². The highest BCUT2D eigenvalue weighted by Crippen LogP contribution is 2.38. The largest absolute Gasteiger partial charge is 0.493 e. The summed E-state index contributed by atoms with van der Waals surface area (Å²) in [5.41, 5.74) is 3.65. The van der Waals surface area contributed by atoms with Crippen LogP contribution < -0.4 is 10.1 Å². The third-order valence-electron chi connectivity index (χ3n) is 5.99. The van der Waals surface area contributed by atoms with Gasteiger partial charge in [-0.15, -0.1) is 0 Å². The molecule has 6 heteroatoms. The van der Waals surface area contributed by atoms with Crippen molar-refractivity contribution in [3.8, 4) is 16.9 Å². The summed E-state index contributed by atoms with van der Waals surface area (Å²) in [6.45, 7) is 4.06. The molecule has 0 aliphatic heterocycles. The van der Waals surface area contributed by atoms with Crippen LogP contribution >= 0.6 is 0 Å². The van der Waals surface area contributed by atoms with Crippen molar-refractivity contribution in [1.82, 2.24) is 0 Å². The fourth-order valence-corrected chi connectivity index (χ4v) is 4.26. The molecule has 0 saturated carbocycles. The second-order valence-electron chi connectivity index (χ2n) is 8.43. The number of carbonyl (C=O) groups is 1. The molecule has 0 radical (unpaired) electrons. The van der Waals surface area contributed by atoms with Crippen LogP contribution in [0.1, 0.15) is 19.4 Å². The molecule has 5 aromatic rings. The lowest BCUT2D eigenvalue weighted by Crippen LogP contribution is -2.10. The van der Waals surface area contributed by atoms with Gasteiger partial charge in [0.15, 0.2) is 0 Å². The molecule has 0 spiro atoms. The van der Waals surface area contributed by atoms with Crippen LogP contribution in [0.3, 0.4) is 0 Å². The second kappa shape index (κ2) is 9.66. The van der Waals surface area contributed by atoms with E-state index in [1.54, 1.807) is 19.3 Å². The molecule has 4 aromatic carbocycles. The molecule has 0 saturated heterocycles. The lowest BCUT2D eigenvalue weighted by atomic mass is 9.97. The predicted molar refractivity (Wildman–Crippen MR) is 139 cm³/mol. The van der Waals surface area contributed by atoms with Gasteiger partial charge in [0.1, 0.15) is 23.0 Å².